The Morgan fingerprint density at radius 2 is 2.10 bits per heavy atom. The maximum Gasteiger partial charge on any atom is 0.256 e. The molecule has 0 saturated carbocycles. The Hall–Kier alpha value is -1.72. The van der Waals surface area contributed by atoms with Crippen molar-refractivity contribution in [3.8, 4) is 11.6 Å². The highest BCUT2D eigenvalue weighted by Crippen LogP contribution is 2.30. The second-order valence-electron chi connectivity index (χ2n) is 4.44. The molecule has 0 atom stereocenters. The van der Waals surface area contributed by atoms with Gasteiger partial charge in [-0.15, -0.1) is 0 Å². The van der Waals surface area contributed by atoms with Crippen LogP contribution < -0.4 is 10.1 Å². The number of rotatable bonds is 6. The Morgan fingerprint density at radius 1 is 1.29 bits per heavy atom. The normalized spacial score (nSPS) is 10.7. The van der Waals surface area contributed by atoms with Crippen LogP contribution in [0.25, 0.3) is 0 Å². The van der Waals surface area contributed by atoms with Gasteiger partial charge in [0, 0.05) is 18.3 Å². The van der Waals surface area contributed by atoms with Crippen molar-refractivity contribution in [2.45, 2.75) is 19.9 Å². The van der Waals surface area contributed by atoms with Crippen molar-refractivity contribution >= 4 is 11.6 Å². The second-order valence-corrected chi connectivity index (χ2v) is 4.85. The molecule has 1 N–H and O–H groups in total. The molecule has 2 aromatic rings. The molecule has 1 heterocycles. The highest BCUT2D eigenvalue weighted by molar-refractivity contribution is 6.32. The predicted octanol–water partition coefficient (Wildman–Crippen LogP) is 4.31. The molecule has 1 aromatic carbocycles. The first kappa shape index (κ1) is 15.7. The molecule has 3 nitrogen and oxygen atoms in total. The van der Waals surface area contributed by atoms with E-state index in [4.69, 9.17) is 16.3 Å². The zero-order valence-corrected chi connectivity index (χ0v) is 12.3. The zero-order valence-electron chi connectivity index (χ0n) is 11.5. The topological polar surface area (TPSA) is 34.2 Å². The molecule has 0 saturated heterocycles. The van der Waals surface area contributed by atoms with Crippen LogP contribution in [0.1, 0.15) is 18.9 Å². The molecule has 1 aromatic heterocycles. The van der Waals surface area contributed by atoms with E-state index in [1.807, 2.05) is 6.92 Å². The highest BCUT2D eigenvalue weighted by atomic mass is 35.5. The maximum atomic E-state index is 14.3. The van der Waals surface area contributed by atoms with Crippen molar-refractivity contribution in [3.63, 3.8) is 0 Å². The van der Waals surface area contributed by atoms with E-state index in [2.05, 4.69) is 10.3 Å². The molecule has 0 unspecified atom stereocenters. The highest BCUT2D eigenvalue weighted by Gasteiger charge is 2.13. The van der Waals surface area contributed by atoms with Crippen molar-refractivity contribution in [2.75, 3.05) is 6.54 Å². The molecule has 0 aliphatic rings. The van der Waals surface area contributed by atoms with Crippen LogP contribution in [0.15, 0.2) is 30.5 Å². The van der Waals surface area contributed by atoms with E-state index < -0.39 is 11.6 Å². The van der Waals surface area contributed by atoms with Crippen LogP contribution in [0.5, 0.6) is 11.6 Å². The van der Waals surface area contributed by atoms with Crippen LogP contribution in [-0.4, -0.2) is 11.5 Å². The fourth-order valence-electron chi connectivity index (χ4n) is 1.73. The van der Waals surface area contributed by atoms with Gasteiger partial charge in [-0.2, -0.15) is 0 Å². The summed E-state index contributed by atoms with van der Waals surface area (Å²) in [5, 5.41) is 3.16. The molecule has 0 aliphatic heterocycles. The number of ether oxygens (including phenoxy) is 1. The minimum Gasteiger partial charge on any atom is -0.435 e. The van der Waals surface area contributed by atoms with Crippen molar-refractivity contribution in [3.05, 3.63) is 52.7 Å². The summed E-state index contributed by atoms with van der Waals surface area (Å²) < 4.78 is 32.5. The largest absolute Gasteiger partial charge is 0.435 e. The van der Waals surface area contributed by atoms with Gasteiger partial charge in [0.05, 0.1) is 5.02 Å². The van der Waals surface area contributed by atoms with Gasteiger partial charge in [-0.05, 0) is 37.2 Å². The van der Waals surface area contributed by atoms with E-state index in [0.29, 0.717) is 12.1 Å². The Kier molecular flexibility index (Phi) is 5.47. The van der Waals surface area contributed by atoms with E-state index in [0.717, 1.165) is 19.0 Å². The van der Waals surface area contributed by atoms with Crippen molar-refractivity contribution in [1.29, 1.82) is 0 Å². The minimum atomic E-state index is -0.554. The number of aromatic nitrogens is 1. The summed E-state index contributed by atoms with van der Waals surface area (Å²) in [7, 11) is 0. The summed E-state index contributed by atoms with van der Waals surface area (Å²) in [5.41, 5.74) is 0.451. The lowest BCUT2D eigenvalue weighted by molar-refractivity contribution is 0.416. The van der Waals surface area contributed by atoms with Gasteiger partial charge < -0.3 is 10.1 Å². The molecule has 0 radical (unpaired) electrons. The van der Waals surface area contributed by atoms with E-state index in [-0.39, 0.29) is 16.7 Å². The molecule has 0 aliphatic carbocycles. The fourth-order valence-corrected chi connectivity index (χ4v) is 1.94. The van der Waals surface area contributed by atoms with Gasteiger partial charge in [-0.1, -0.05) is 18.5 Å². The van der Waals surface area contributed by atoms with E-state index >= 15 is 0 Å². The first-order valence-electron chi connectivity index (χ1n) is 6.58. The van der Waals surface area contributed by atoms with Crippen molar-refractivity contribution in [1.82, 2.24) is 10.3 Å². The van der Waals surface area contributed by atoms with Crippen LogP contribution in [0.3, 0.4) is 0 Å². The molecule has 0 spiro atoms. The zero-order chi connectivity index (χ0) is 15.2. The van der Waals surface area contributed by atoms with Crippen LogP contribution in [0.4, 0.5) is 8.78 Å². The Morgan fingerprint density at radius 3 is 2.81 bits per heavy atom. The molecule has 6 heteroatoms. The van der Waals surface area contributed by atoms with Gasteiger partial charge in [0.1, 0.15) is 11.6 Å². The summed E-state index contributed by atoms with van der Waals surface area (Å²) in [6.45, 7) is 3.21. The fraction of sp³-hybridized carbons (Fsp3) is 0.267. The third kappa shape index (κ3) is 4.12. The quantitative estimate of drug-likeness (QED) is 0.807. The maximum absolute atomic E-state index is 14.3. The lowest BCUT2D eigenvalue weighted by Gasteiger charge is -2.10. The van der Waals surface area contributed by atoms with Crippen molar-refractivity contribution in [2.24, 2.45) is 0 Å². The van der Waals surface area contributed by atoms with E-state index in [1.165, 1.54) is 18.3 Å². The smallest absolute Gasteiger partial charge is 0.256 e. The molecule has 0 amide bonds. The number of benzene rings is 1. The SMILES string of the molecule is CCCNCc1ccnc(Oc2ccc(F)cc2Cl)c1F. The predicted molar refractivity (Wildman–Crippen MR) is 77.7 cm³/mol. The molecular weight excluding hydrogens is 298 g/mol. The minimum absolute atomic E-state index is 0.0608. The van der Waals surface area contributed by atoms with Gasteiger partial charge in [0.15, 0.2) is 5.82 Å². The number of nitrogens with zero attached hydrogens (tertiary/aromatic N) is 1. The summed E-state index contributed by atoms with van der Waals surface area (Å²) in [5.74, 6) is -1.07. The van der Waals surface area contributed by atoms with Crippen LogP contribution in [0, 0.1) is 11.6 Å². The third-order valence-electron chi connectivity index (χ3n) is 2.78. The van der Waals surface area contributed by atoms with E-state index in [9.17, 15) is 8.78 Å². The summed E-state index contributed by atoms with van der Waals surface area (Å²) in [4.78, 5) is 3.85. The molecule has 0 bridgehead atoms. The van der Waals surface area contributed by atoms with Gasteiger partial charge in [0.25, 0.3) is 5.88 Å². The van der Waals surface area contributed by atoms with E-state index in [1.54, 1.807) is 6.07 Å². The molecule has 0 fully saturated rings. The molecule has 112 valence electrons. The second kappa shape index (κ2) is 7.33. The standard InChI is InChI=1S/C15H15ClF2N2O/c1-2-6-19-9-10-5-7-20-15(14(10)18)21-13-4-3-11(17)8-12(13)16/h3-5,7-8,19H,2,6,9H2,1H3. The number of pyridine rings is 1. The Balaban J connectivity index is 2.18. The third-order valence-corrected chi connectivity index (χ3v) is 3.08. The summed E-state index contributed by atoms with van der Waals surface area (Å²) in [6.07, 6.45) is 2.42. The Bertz CT molecular complexity index is 623. The Labute approximate surface area is 126 Å². The van der Waals surface area contributed by atoms with Crippen LogP contribution >= 0.6 is 11.6 Å². The first-order chi connectivity index (χ1) is 10.1. The number of nitrogens with one attached hydrogen (secondary N) is 1. The van der Waals surface area contributed by atoms with Crippen LogP contribution in [-0.2, 0) is 6.54 Å². The summed E-state index contributed by atoms with van der Waals surface area (Å²) >= 11 is 5.85. The number of halogens is 3. The molecule has 21 heavy (non-hydrogen) atoms. The lowest BCUT2D eigenvalue weighted by Crippen LogP contribution is -2.15. The van der Waals surface area contributed by atoms with Gasteiger partial charge in [0.2, 0.25) is 0 Å². The van der Waals surface area contributed by atoms with Crippen molar-refractivity contribution < 1.29 is 13.5 Å². The lowest BCUT2D eigenvalue weighted by atomic mass is 10.2. The molecular formula is C15H15ClF2N2O. The average molecular weight is 313 g/mol. The number of hydrogen-bond donors (Lipinski definition) is 1. The van der Waals surface area contributed by atoms with Gasteiger partial charge >= 0.3 is 0 Å². The van der Waals surface area contributed by atoms with Crippen LogP contribution in [0.2, 0.25) is 5.02 Å². The molecule has 2 rings (SSSR count). The number of hydrogen-bond acceptors (Lipinski definition) is 3. The first-order valence-corrected chi connectivity index (χ1v) is 6.96. The van der Waals surface area contributed by atoms with Gasteiger partial charge in [-0.3, -0.25) is 0 Å². The van der Waals surface area contributed by atoms with Gasteiger partial charge in [-0.25, -0.2) is 13.8 Å². The average Bonchev–Trinajstić information content (AvgIpc) is 2.46. The summed E-state index contributed by atoms with van der Waals surface area (Å²) in [6, 6.07) is 5.20. The monoisotopic (exact) mass is 312 g/mol.